The molecule has 0 spiro atoms. The fraction of sp³-hybridized carbons (Fsp3) is 1.00. The highest BCUT2D eigenvalue weighted by Gasteiger charge is 2.55. The van der Waals surface area contributed by atoms with Gasteiger partial charge in [0.05, 0.1) is 0 Å². The summed E-state index contributed by atoms with van der Waals surface area (Å²) in [5.74, 6) is 3.16. The highest BCUT2D eigenvalue weighted by Crippen LogP contribution is 2.56. The maximum Gasteiger partial charge on any atom is 0.109 e. The zero-order valence-electron chi connectivity index (χ0n) is 8.89. The van der Waals surface area contributed by atoms with Crippen LogP contribution in [0.25, 0.3) is 0 Å². The molecular formula is C11H20FNS. The summed E-state index contributed by atoms with van der Waals surface area (Å²) in [6, 6.07) is 0. The van der Waals surface area contributed by atoms with E-state index in [1.54, 1.807) is 6.92 Å². The summed E-state index contributed by atoms with van der Waals surface area (Å²) in [6.07, 6.45) is 3.95. The molecule has 1 aliphatic carbocycles. The van der Waals surface area contributed by atoms with Gasteiger partial charge in [-0.3, -0.25) is 0 Å². The van der Waals surface area contributed by atoms with Crippen LogP contribution in [-0.2, 0) is 0 Å². The van der Waals surface area contributed by atoms with E-state index < -0.39 is 5.67 Å². The summed E-state index contributed by atoms with van der Waals surface area (Å²) in [5.41, 5.74) is 5.07. The highest BCUT2D eigenvalue weighted by molar-refractivity contribution is 7.99. The molecule has 1 nitrogen and oxygen atoms in total. The first-order valence-corrected chi connectivity index (χ1v) is 6.70. The van der Waals surface area contributed by atoms with E-state index in [1.165, 1.54) is 24.3 Å². The van der Waals surface area contributed by atoms with Crippen LogP contribution in [0.3, 0.4) is 0 Å². The van der Waals surface area contributed by atoms with Crippen molar-refractivity contribution >= 4 is 11.8 Å². The standard InChI is InChI=1S/C11H20FNS/c1-10(12)6-11(7-10,8-13)9-3-2-4-14-5-9/h9H,2-8,13H2,1H3. The van der Waals surface area contributed by atoms with Crippen molar-refractivity contribution in [2.45, 2.75) is 38.3 Å². The van der Waals surface area contributed by atoms with Gasteiger partial charge >= 0.3 is 0 Å². The zero-order chi connectivity index (χ0) is 10.2. The first kappa shape index (κ1) is 10.7. The van der Waals surface area contributed by atoms with Crippen molar-refractivity contribution in [2.75, 3.05) is 18.1 Å². The van der Waals surface area contributed by atoms with Crippen molar-refractivity contribution in [3.8, 4) is 0 Å². The Labute approximate surface area is 90.0 Å². The van der Waals surface area contributed by atoms with Crippen molar-refractivity contribution in [3.05, 3.63) is 0 Å². The Morgan fingerprint density at radius 2 is 2.21 bits per heavy atom. The summed E-state index contributed by atoms with van der Waals surface area (Å²) >= 11 is 2.02. The Hall–Kier alpha value is 0.240. The van der Waals surface area contributed by atoms with Gasteiger partial charge in [0.2, 0.25) is 0 Å². The molecule has 0 radical (unpaired) electrons. The molecule has 2 N–H and O–H groups in total. The summed E-state index contributed by atoms with van der Waals surface area (Å²) < 4.78 is 13.6. The Kier molecular flexibility index (Phi) is 2.82. The van der Waals surface area contributed by atoms with E-state index in [4.69, 9.17) is 5.73 Å². The van der Waals surface area contributed by atoms with Gasteiger partial charge in [-0.2, -0.15) is 11.8 Å². The molecule has 0 aromatic rings. The molecule has 0 aromatic heterocycles. The van der Waals surface area contributed by atoms with Crippen LogP contribution in [0.2, 0.25) is 0 Å². The molecule has 1 saturated heterocycles. The third-order valence-electron chi connectivity index (χ3n) is 3.87. The quantitative estimate of drug-likeness (QED) is 0.769. The number of thioether (sulfide) groups is 1. The largest absolute Gasteiger partial charge is 0.330 e. The van der Waals surface area contributed by atoms with Crippen LogP contribution in [0.1, 0.15) is 32.6 Å². The van der Waals surface area contributed by atoms with E-state index in [0.29, 0.717) is 25.3 Å². The Balaban J connectivity index is 1.99. The lowest BCUT2D eigenvalue weighted by atomic mass is 9.54. The number of hydrogen-bond acceptors (Lipinski definition) is 2. The molecular weight excluding hydrogens is 197 g/mol. The second kappa shape index (κ2) is 3.67. The third-order valence-corrected chi connectivity index (χ3v) is 5.09. The lowest BCUT2D eigenvalue weighted by molar-refractivity contribution is -0.0826. The van der Waals surface area contributed by atoms with E-state index in [2.05, 4.69) is 0 Å². The second-order valence-electron chi connectivity index (χ2n) is 5.25. The minimum atomic E-state index is -0.929. The average Bonchev–Trinajstić information content (AvgIpc) is 2.15. The van der Waals surface area contributed by atoms with Crippen LogP contribution in [0.5, 0.6) is 0 Å². The molecule has 14 heavy (non-hydrogen) atoms. The SMILES string of the molecule is CC1(F)CC(CN)(C2CCCSC2)C1. The minimum absolute atomic E-state index is 0.150. The molecule has 1 atom stereocenters. The predicted molar refractivity (Wildman–Crippen MR) is 60.3 cm³/mol. The molecule has 0 amide bonds. The lowest BCUT2D eigenvalue weighted by Crippen LogP contribution is -2.56. The Bertz CT molecular complexity index is 203. The van der Waals surface area contributed by atoms with Gasteiger partial charge in [-0.05, 0) is 62.0 Å². The molecule has 2 fully saturated rings. The Morgan fingerprint density at radius 3 is 2.64 bits per heavy atom. The lowest BCUT2D eigenvalue weighted by Gasteiger charge is -2.55. The predicted octanol–water partition coefficient (Wildman–Crippen LogP) is 2.60. The topological polar surface area (TPSA) is 26.0 Å². The molecule has 3 heteroatoms. The molecule has 1 saturated carbocycles. The molecule has 1 heterocycles. The van der Waals surface area contributed by atoms with Crippen molar-refractivity contribution in [2.24, 2.45) is 17.1 Å². The van der Waals surface area contributed by atoms with Crippen molar-refractivity contribution in [1.82, 2.24) is 0 Å². The number of halogens is 1. The molecule has 0 bridgehead atoms. The average molecular weight is 217 g/mol. The van der Waals surface area contributed by atoms with Gasteiger partial charge < -0.3 is 5.73 Å². The fourth-order valence-corrected chi connectivity index (χ4v) is 4.58. The summed E-state index contributed by atoms with van der Waals surface area (Å²) in [6.45, 7) is 2.40. The number of nitrogens with two attached hydrogens (primary N) is 1. The van der Waals surface area contributed by atoms with Crippen LogP contribution in [0.4, 0.5) is 4.39 Å². The molecule has 2 rings (SSSR count). The number of rotatable bonds is 2. The summed E-state index contributed by atoms with van der Waals surface area (Å²) in [7, 11) is 0. The van der Waals surface area contributed by atoms with E-state index in [9.17, 15) is 4.39 Å². The van der Waals surface area contributed by atoms with Gasteiger partial charge in [0, 0.05) is 0 Å². The summed E-state index contributed by atoms with van der Waals surface area (Å²) in [4.78, 5) is 0. The maximum atomic E-state index is 13.6. The maximum absolute atomic E-state index is 13.6. The number of alkyl halides is 1. The van der Waals surface area contributed by atoms with Gasteiger partial charge in [0.1, 0.15) is 5.67 Å². The van der Waals surface area contributed by atoms with Crippen LogP contribution in [0, 0.1) is 11.3 Å². The molecule has 2 aliphatic rings. The Morgan fingerprint density at radius 1 is 1.50 bits per heavy atom. The second-order valence-corrected chi connectivity index (χ2v) is 6.40. The van der Waals surface area contributed by atoms with E-state index in [0.717, 1.165) is 0 Å². The van der Waals surface area contributed by atoms with Gasteiger partial charge in [-0.15, -0.1) is 0 Å². The van der Waals surface area contributed by atoms with Gasteiger partial charge in [-0.25, -0.2) is 4.39 Å². The van der Waals surface area contributed by atoms with E-state index in [-0.39, 0.29) is 5.41 Å². The highest BCUT2D eigenvalue weighted by atomic mass is 32.2. The van der Waals surface area contributed by atoms with Crippen molar-refractivity contribution < 1.29 is 4.39 Å². The van der Waals surface area contributed by atoms with Crippen molar-refractivity contribution in [3.63, 3.8) is 0 Å². The first-order valence-electron chi connectivity index (χ1n) is 5.55. The minimum Gasteiger partial charge on any atom is -0.330 e. The number of hydrogen-bond donors (Lipinski definition) is 1. The van der Waals surface area contributed by atoms with Gasteiger partial charge in [-0.1, -0.05) is 0 Å². The van der Waals surface area contributed by atoms with E-state index >= 15 is 0 Å². The van der Waals surface area contributed by atoms with Crippen LogP contribution < -0.4 is 5.73 Å². The van der Waals surface area contributed by atoms with Gasteiger partial charge in [0.25, 0.3) is 0 Å². The van der Waals surface area contributed by atoms with E-state index in [1.807, 2.05) is 11.8 Å². The monoisotopic (exact) mass is 217 g/mol. The smallest absolute Gasteiger partial charge is 0.109 e. The summed E-state index contributed by atoms with van der Waals surface area (Å²) in [5, 5.41) is 0. The molecule has 1 unspecified atom stereocenters. The third kappa shape index (κ3) is 1.81. The van der Waals surface area contributed by atoms with Crippen LogP contribution in [-0.4, -0.2) is 23.7 Å². The zero-order valence-corrected chi connectivity index (χ0v) is 9.71. The molecule has 0 aromatic carbocycles. The normalized spacial score (nSPS) is 48.6. The van der Waals surface area contributed by atoms with Crippen LogP contribution in [0.15, 0.2) is 0 Å². The van der Waals surface area contributed by atoms with Gasteiger partial charge in [0.15, 0.2) is 0 Å². The van der Waals surface area contributed by atoms with Crippen molar-refractivity contribution in [1.29, 1.82) is 0 Å². The first-order chi connectivity index (χ1) is 6.58. The molecule has 1 aliphatic heterocycles. The fourth-order valence-electron chi connectivity index (χ4n) is 3.24. The molecule has 82 valence electrons. The van der Waals surface area contributed by atoms with Crippen LogP contribution >= 0.6 is 11.8 Å².